The van der Waals surface area contributed by atoms with Crippen molar-refractivity contribution in [3.05, 3.63) is 42.0 Å². The van der Waals surface area contributed by atoms with Gasteiger partial charge < -0.3 is 15.5 Å². The second kappa shape index (κ2) is 10.4. The average Bonchev–Trinajstić information content (AvgIpc) is 2.85. The lowest BCUT2D eigenvalue weighted by Gasteiger charge is -2.21. The van der Waals surface area contributed by atoms with Gasteiger partial charge in [-0.1, -0.05) is 36.8 Å². The number of hydrogen-bond donors (Lipinski definition) is 2. The second-order valence-corrected chi connectivity index (χ2v) is 6.46. The van der Waals surface area contributed by atoms with E-state index in [-0.39, 0.29) is 17.7 Å². The molecule has 1 aromatic carbocycles. The van der Waals surface area contributed by atoms with E-state index < -0.39 is 6.04 Å². The summed E-state index contributed by atoms with van der Waals surface area (Å²) >= 11 is 0. The van der Waals surface area contributed by atoms with Crippen LogP contribution in [-0.2, 0) is 14.4 Å². The summed E-state index contributed by atoms with van der Waals surface area (Å²) in [6.45, 7) is 3.30. The van der Waals surface area contributed by atoms with Crippen molar-refractivity contribution in [3.63, 3.8) is 0 Å². The summed E-state index contributed by atoms with van der Waals surface area (Å²) in [6.07, 6.45) is 6.74. The molecule has 1 saturated heterocycles. The normalized spacial score (nSPS) is 16.2. The van der Waals surface area contributed by atoms with Gasteiger partial charge in [-0.2, -0.15) is 0 Å². The number of benzene rings is 1. The van der Waals surface area contributed by atoms with Crippen LogP contribution in [0.5, 0.6) is 0 Å². The first-order valence-corrected chi connectivity index (χ1v) is 9.15. The summed E-state index contributed by atoms with van der Waals surface area (Å²) in [5.41, 5.74) is 0.918. The Labute approximate surface area is 154 Å². The lowest BCUT2D eigenvalue weighted by Crippen LogP contribution is -2.46. The van der Waals surface area contributed by atoms with E-state index in [1.165, 1.54) is 6.08 Å². The van der Waals surface area contributed by atoms with Gasteiger partial charge in [0.15, 0.2) is 0 Å². The van der Waals surface area contributed by atoms with Crippen LogP contribution in [-0.4, -0.2) is 48.3 Å². The Kier molecular flexibility index (Phi) is 7.86. The maximum atomic E-state index is 12.1. The third-order valence-corrected chi connectivity index (χ3v) is 4.33. The third-order valence-electron chi connectivity index (χ3n) is 4.33. The maximum Gasteiger partial charge on any atom is 0.244 e. The zero-order valence-corrected chi connectivity index (χ0v) is 15.2. The summed E-state index contributed by atoms with van der Waals surface area (Å²) in [4.78, 5) is 37.7. The molecule has 0 saturated carbocycles. The quantitative estimate of drug-likeness (QED) is 0.730. The molecule has 3 amide bonds. The highest BCUT2D eigenvalue weighted by atomic mass is 16.2. The van der Waals surface area contributed by atoms with Gasteiger partial charge in [-0.05, 0) is 31.4 Å². The van der Waals surface area contributed by atoms with E-state index >= 15 is 0 Å². The van der Waals surface area contributed by atoms with Crippen molar-refractivity contribution in [2.24, 2.45) is 0 Å². The Hall–Kier alpha value is -2.63. The van der Waals surface area contributed by atoms with Crippen LogP contribution >= 0.6 is 0 Å². The Morgan fingerprint density at radius 2 is 1.96 bits per heavy atom. The maximum absolute atomic E-state index is 12.1. The van der Waals surface area contributed by atoms with Crippen LogP contribution in [0.3, 0.4) is 0 Å². The van der Waals surface area contributed by atoms with Crippen molar-refractivity contribution in [2.75, 3.05) is 19.6 Å². The number of hydrogen-bond acceptors (Lipinski definition) is 3. The van der Waals surface area contributed by atoms with Crippen molar-refractivity contribution in [1.82, 2.24) is 15.5 Å². The summed E-state index contributed by atoms with van der Waals surface area (Å²) in [5, 5.41) is 5.42. The molecular weight excluding hydrogens is 330 g/mol. The molecule has 6 heteroatoms. The summed E-state index contributed by atoms with van der Waals surface area (Å²) < 4.78 is 0. The fourth-order valence-corrected chi connectivity index (χ4v) is 2.81. The number of rotatable bonds is 7. The Bertz CT molecular complexity index is 643. The van der Waals surface area contributed by atoms with Gasteiger partial charge >= 0.3 is 0 Å². The first-order valence-electron chi connectivity index (χ1n) is 9.15. The van der Waals surface area contributed by atoms with Gasteiger partial charge in [0.2, 0.25) is 17.7 Å². The molecule has 2 N–H and O–H groups in total. The predicted octanol–water partition coefficient (Wildman–Crippen LogP) is 1.72. The van der Waals surface area contributed by atoms with Crippen LogP contribution in [0.25, 0.3) is 6.08 Å². The number of amides is 3. The minimum atomic E-state index is -0.636. The van der Waals surface area contributed by atoms with E-state index in [9.17, 15) is 14.4 Å². The van der Waals surface area contributed by atoms with Crippen LogP contribution < -0.4 is 10.6 Å². The van der Waals surface area contributed by atoms with Crippen LogP contribution in [0.2, 0.25) is 0 Å². The van der Waals surface area contributed by atoms with Crippen molar-refractivity contribution in [1.29, 1.82) is 0 Å². The van der Waals surface area contributed by atoms with Crippen LogP contribution in [0.1, 0.15) is 38.2 Å². The van der Waals surface area contributed by atoms with E-state index in [2.05, 4.69) is 10.6 Å². The largest absolute Gasteiger partial charge is 0.353 e. The molecule has 1 unspecified atom stereocenters. The van der Waals surface area contributed by atoms with E-state index in [1.807, 2.05) is 30.3 Å². The monoisotopic (exact) mass is 357 g/mol. The van der Waals surface area contributed by atoms with E-state index in [0.717, 1.165) is 31.4 Å². The van der Waals surface area contributed by atoms with Crippen molar-refractivity contribution < 1.29 is 14.4 Å². The molecule has 1 atom stereocenters. The van der Waals surface area contributed by atoms with E-state index in [1.54, 1.807) is 17.9 Å². The predicted molar refractivity (Wildman–Crippen MR) is 101 cm³/mol. The molecule has 0 radical (unpaired) electrons. The van der Waals surface area contributed by atoms with Gasteiger partial charge in [0.25, 0.3) is 0 Å². The molecule has 1 heterocycles. The highest BCUT2D eigenvalue weighted by Crippen LogP contribution is 2.10. The SMILES string of the molecule is CC(NC(=O)/C=C/c1ccccc1)C(=O)NCCN1CCCCCC1=O. The molecule has 1 fully saturated rings. The molecular formula is C20H27N3O3. The Balaban J connectivity index is 1.70. The standard InChI is InChI=1S/C20H27N3O3/c1-16(22-18(24)12-11-17-8-4-2-5-9-17)20(26)21-13-15-23-14-7-3-6-10-19(23)25/h2,4-5,8-9,11-12,16H,3,6-7,10,13-15H2,1H3,(H,21,26)(H,22,24)/b12-11+. The minimum Gasteiger partial charge on any atom is -0.353 e. The number of carbonyl (C=O) groups excluding carboxylic acids is 3. The van der Waals surface area contributed by atoms with Gasteiger partial charge in [0.1, 0.15) is 6.04 Å². The number of likely N-dealkylation sites (tertiary alicyclic amines) is 1. The zero-order valence-electron chi connectivity index (χ0n) is 15.2. The van der Waals surface area contributed by atoms with Gasteiger partial charge in [0, 0.05) is 32.1 Å². The third kappa shape index (κ3) is 6.70. The molecule has 1 aromatic rings. The van der Waals surface area contributed by atoms with Crippen molar-refractivity contribution in [3.8, 4) is 0 Å². The fraction of sp³-hybridized carbons (Fsp3) is 0.450. The summed E-state index contributed by atoms with van der Waals surface area (Å²) in [5.74, 6) is -0.419. The molecule has 0 aromatic heterocycles. The van der Waals surface area contributed by atoms with Crippen LogP contribution in [0, 0.1) is 0 Å². The smallest absolute Gasteiger partial charge is 0.244 e. The van der Waals surface area contributed by atoms with Crippen molar-refractivity contribution >= 4 is 23.8 Å². The highest BCUT2D eigenvalue weighted by Gasteiger charge is 2.17. The number of carbonyl (C=O) groups is 3. The molecule has 6 nitrogen and oxygen atoms in total. The summed E-state index contributed by atoms with van der Waals surface area (Å²) in [7, 11) is 0. The van der Waals surface area contributed by atoms with Gasteiger partial charge in [-0.15, -0.1) is 0 Å². The number of nitrogens with one attached hydrogen (secondary N) is 2. The Morgan fingerprint density at radius 1 is 1.19 bits per heavy atom. The first-order chi connectivity index (χ1) is 12.6. The fourth-order valence-electron chi connectivity index (χ4n) is 2.81. The molecule has 2 rings (SSSR count). The Morgan fingerprint density at radius 3 is 2.73 bits per heavy atom. The number of nitrogens with zero attached hydrogens (tertiary/aromatic N) is 1. The molecule has 140 valence electrons. The lowest BCUT2D eigenvalue weighted by molar-refractivity contribution is -0.131. The van der Waals surface area contributed by atoms with Crippen molar-refractivity contribution in [2.45, 2.75) is 38.6 Å². The molecule has 0 spiro atoms. The van der Waals surface area contributed by atoms with Gasteiger partial charge in [0.05, 0.1) is 0 Å². The van der Waals surface area contributed by atoms with E-state index in [0.29, 0.717) is 19.5 Å². The van der Waals surface area contributed by atoms with Crippen LogP contribution in [0.15, 0.2) is 36.4 Å². The first kappa shape index (κ1) is 19.7. The van der Waals surface area contributed by atoms with Gasteiger partial charge in [-0.25, -0.2) is 0 Å². The zero-order chi connectivity index (χ0) is 18.8. The average molecular weight is 357 g/mol. The molecule has 1 aliphatic rings. The molecule has 0 aliphatic carbocycles. The topological polar surface area (TPSA) is 78.5 Å². The second-order valence-electron chi connectivity index (χ2n) is 6.46. The molecule has 26 heavy (non-hydrogen) atoms. The molecule has 0 bridgehead atoms. The summed E-state index contributed by atoms with van der Waals surface area (Å²) in [6, 6.07) is 8.84. The van der Waals surface area contributed by atoms with E-state index in [4.69, 9.17) is 0 Å². The highest BCUT2D eigenvalue weighted by molar-refractivity contribution is 5.95. The lowest BCUT2D eigenvalue weighted by atomic mass is 10.2. The van der Waals surface area contributed by atoms with Crippen LogP contribution in [0.4, 0.5) is 0 Å². The minimum absolute atomic E-state index is 0.157. The molecule has 1 aliphatic heterocycles. The van der Waals surface area contributed by atoms with Gasteiger partial charge in [-0.3, -0.25) is 14.4 Å².